The van der Waals surface area contributed by atoms with Crippen LogP contribution in [0.1, 0.15) is 20.3 Å². The highest BCUT2D eigenvalue weighted by molar-refractivity contribution is 7.89. The van der Waals surface area contributed by atoms with E-state index in [-0.39, 0.29) is 4.90 Å². The van der Waals surface area contributed by atoms with E-state index in [1.165, 1.54) is 12.0 Å². The normalized spacial score (nSPS) is 23.8. The van der Waals surface area contributed by atoms with Crippen molar-refractivity contribution in [3.8, 4) is 0 Å². The molecule has 2 atom stereocenters. The summed E-state index contributed by atoms with van der Waals surface area (Å²) < 4.78 is 27.3. The second-order valence-electron chi connectivity index (χ2n) is 6.06. The Morgan fingerprint density at radius 2 is 1.91 bits per heavy atom. The summed E-state index contributed by atoms with van der Waals surface area (Å²) in [6.45, 7) is 5.30. The first-order chi connectivity index (χ1) is 10.4. The van der Waals surface area contributed by atoms with Crippen molar-refractivity contribution in [2.75, 3.05) is 20.2 Å². The van der Waals surface area contributed by atoms with Gasteiger partial charge in [-0.1, -0.05) is 18.7 Å². The van der Waals surface area contributed by atoms with Crippen LogP contribution in [0.2, 0.25) is 0 Å². The van der Waals surface area contributed by atoms with Gasteiger partial charge in [-0.05, 0) is 41.7 Å². The van der Waals surface area contributed by atoms with Crippen molar-refractivity contribution in [1.82, 2.24) is 19.5 Å². The Kier molecular flexibility index (Phi) is 3.82. The molecule has 1 aromatic carbocycles. The van der Waals surface area contributed by atoms with E-state index in [9.17, 15) is 8.42 Å². The van der Waals surface area contributed by atoms with E-state index < -0.39 is 10.0 Å². The molecule has 1 saturated heterocycles. The largest absolute Gasteiger partial charge is 0.398 e. The molecule has 0 spiro atoms. The molecule has 7 nitrogen and oxygen atoms in total. The highest BCUT2D eigenvalue weighted by Crippen LogP contribution is 2.27. The van der Waals surface area contributed by atoms with Crippen molar-refractivity contribution in [3.63, 3.8) is 0 Å². The molecule has 0 radical (unpaired) electrons. The zero-order chi connectivity index (χ0) is 15.9. The van der Waals surface area contributed by atoms with E-state index in [4.69, 9.17) is 4.84 Å². The Bertz CT molecular complexity index is 776. The Morgan fingerprint density at radius 3 is 2.55 bits per heavy atom. The molecule has 0 N–H and O–H groups in total. The first-order valence-corrected chi connectivity index (χ1v) is 8.76. The molecule has 0 unspecified atom stereocenters. The molecule has 1 aromatic heterocycles. The summed E-state index contributed by atoms with van der Waals surface area (Å²) in [6, 6.07) is 4.80. The number of aromatic nitrogens is 3. The molecule has 2 heterocycles. The number of piperidine rings is 1. The lowest BCUT2D eigenvalue weighted by Crippen LogP contribution is -2.42. The Balaban J connectivity index is 2.01. The Labute approximate surface area is 129 Å². The minimum absolute atomic E-state index is 0.252. The minimum Gasteiger partial charge on any atom is -0.398 e. The minimum atomic E-state index is -3.51. The molecular weight excluding hydrogens is 304 g/mol. The molecular formula is C14H20N4O3S. The van der Waals surface area contributed by atoms with Crippen molar-refractivity contribution in [2.45, 2.75) is 25.2 Å². The van der Waals surface area contributed by atoms with Crippen LogP contribution in [0.3, 0.4) is 0 Å². The molecule has 0 saturated carbocycles. The highest BCUT2D eigenvalue weighted by Gasteiger charge is 2.32. The number of rotatable bonds is 3. The quantitative estimate of drug-likeness (QED) is 0.846. The third-order valence-corrected chi connectivity index (χ3v) is 5.86. The lowest BCUT2D eigenvalue weighted by molar-refractivity contribution is 0.139. The summed E-state index contributed by atoms with van der Waals surface area (Å²) >= 11 is 0. The maximum atomic E-state index is 12.9. The fourth-order valence-corrected chi connectivity index (χ4v) is 4.82. The van der Waals surface area contributed by atoms with Crippen LogP contribution in [-0.2, 0) is 10.0 Å². The maximum Gasteiger partial charge on any atom is 0.243 e. The predicted molar refractivity (Wildman–Crippen MR) is 81.7 cm³/mol. The summed E-state index contributed by atoms with van der Waals surface area (Å²) in [4.78, 5) is 6.52. The number of nitrogens with zero attached hydrogens (tertiary/aromatic N) is 4. The van der Waals surface area contributed by atoms with Crippen LogP contribution in [0.15, 0.2) is 23.1 Å². The molecule has 1 fully saturated rings. The fourth-order valence-electron chi connectivity index (χ4n) is 3.12. The number of benzene rings is 1. The average molecular weight is 324 g/mol. The standard InChI is InChI=1S/C14H20N4O3S/c1-10-6-11(2)9-17(8-10)22(19,20)12-4-5-13-14(7-12)18(21-3)16-15-13/h4-5,7,10-11H,6,8-9H2,1-3H3/t10-,11+. The first kappa shape index (κ1) is 15.2. The summed E-state index contributed by atoms with van der Waals surface area (Å²) in [7, 11) is -2.05. The van der Waals surface area contributed by atoms with Gasteiger partial charge in [0.05, 0.1) is 4.90 Å². The van der Waals surface area contributed by atoms with Gasteiger partial charge in [0, 0.05) is 13.1 Å². The number of hydrogen-bond donors (Lipinski definition) is 0. The monoisotopic (exact) mass is 324 g/mol. The third kappa shape index (κ3) is 2.56. The molecule has 3 rings (SSSR count). The van der Waals surface area contributed by atoms with Gasteiger partial charge in [0.2, 0.25) is 10.0 Å². The van der Waals surface area contributed by atoms with Gasteiger partial charge in [0.1, 0.15) is 18.1 Å². The molecule has 0 amide bonds. The van der Waals surface area contributed by atoms with E-state index >= 15 is 0 Å². The van der Waals surface area contributed by atoms with E-state index in [1.807, 2.05) is 0 Å². The lowest BCUT2D eigenvalue weighted by Gasteiger charge is -2.34. The van der Waals surface area contributed by atoms with Crippen LogP contribution >= 0.6 is 0 Å². The summed E-state index contributed by atoms with van der Waals surface area (Å²) in [5.41, 5.74) is 1.14. The lowest BCUT2D eigenvalue weighted by atomic mass is 9.94. The van der Waals surface area contributed by atoms with Gasteiger partial charge in [-0.25, -0.2) is 8.42 Å². The molecule has 1 aliphatic heterocycles. The summed E-state index contributed by atoms with van der Waals surface area (Å²) in [6.07, 6.45) is 1.06. The Hall–Kier alpha value is -1.67. The molecule has 1 aliphatic rings. The van der Waals surface area contributed by atoms with E-state index in [1.54, 1.807) is 22.5 Å². The molecule has 120 valence electrons. The van der Waals surface area contributed by atoms with Gasteiger partial charge in [-0.2, -0.15) is 4.31 Å². The molecule has 0 bridgehead atoms. The fraction of sp³-hybridized carbons (Fsp3) is 0.571. The molecule has 2 aromatic rings. The Morgan fingerprint density at radius 1 is 1.23 bits per heavy atom. The van der Waals surface area contributed by atoms with Gasteiger partial charge in [-0.15, -0.1) is 5.10 Å². The number of sulfonamides is 1. The highest BCUT2D eigenvalue weighted by atomic mass is 32.2. The second kappa shape index (κ2) is 5.51. The van der Waals surface area contributed by atoms with Crippen LogP contribution in [-0.4, -0.2) is 48.1 Å². The van der Waals surface area contributed by atoms with Gasteiger partial charge in [0.15, 0.2) is 0 Å². The van der Waals surface area contributed by atoms with E-state index in [0.717, 1.165) is 6.42 Å². The van der Waals surface area contributed by atoms with E-state index in [0.29, 0.717) is 36.0 Å². The summed E-state index contributed by atoms with van der Waals surface area (Å²) in [5, 5.41) is 7.74. The van der Waals surface area contributed by atoms with Crippen molar-refractivity contribution >= 4 is 21.1 Å². The zero-order valence-corrected chi connectivity index (χ0v) is 13.7. The van der Waals surface area contributed by atoms with Crippen LogP contribution in [0.25, 0.3) is 11.0 Å². The van der Waals surface area contributed by atoms with Crippen molar-refractivity contribution in [1.29, 1.82) is 0 Å². The first-order valence-electron chi connectivity index (χ1n) is 7.32. The smallest absolute Gasteiger partial charge is 0.243 e. The van der Waals surface area contributed by atoms with Crippen LogP contribution < -0.4 is 4.84 Å². The summed E-state index contributed by atoms with van der Waals surface area (Å²) in [5.74, 6) is 0.738. The van der Waals surface area contributed by atoms with Crippen LogP contribution in [0.5, 0.6) is 0 Å². The van der Waals surface area contributed by atoms with Crippen molar-refractivity contribution in [2.24, 2.45) is 11.8 Å². The maximum absolute atomic E-state index is 12.9. The van der Waals surface area contributed by atoms with Crippen molar-refractivity contribution < 1.29 is 13.3 Å². The number of hydrogen-bond acceptors (Lipinski definition) is 5. The van der Waals surface area contributed by atoms with Gasteiger partial charge in [0.25, 0.3) is 0 Å². The van der Waals surface area contributed by atoms with Crippen LogP contribution in [0.4, 0.5) is 0 Å². The van der Waals surface area contributed by atoms with Gasteiger partial charge < -0.3 is 4.84 Å². The SMILES string of the molecule is COn1nnc2ccc(S(=O)(=O)N3C[C@H](C)C[C@H](C)C3)cc21. The average Bonchev–Trinajstić information content (AvgIpc) is 2.88. The van der Waals surface area contributed by atoms with Gasteiger partial charge in [-0.3, -0.25) is 0 Å². The van der Waals surface area contributed by atoms with Crippen molar-refractivity contribution in [3.05, 3.63) is 18.2 Å². The second-order valence-corrected chi connectivity index (χ2v) is 8.00. The predicted octanol–water partition coefficient (Wildman–Crippen LogP) is 1.16. The third-order valence-electron chi connectivity index (χ3n) is 4.03. The molecule has 22 heavy (non-hydrogen) atoms. The molecule has 8 heteroatoms. The topological polar surface area (TPSA) is 77.3 Å². The van der Waals surface area contributed by atoms with Crippen LogP contribution in [0, 0.1) is 11.8 Å². The molecule has 0 aliphatic carbocycles. The van der Waals surface area contributed by atoms with Gasteiger partial charge >= 0.3 is 0 Å². The zero-order valence-electron chi connectivity index (χ0n) is 12.9. The number of fused-ring (bicyclic) bond motifs is 1. The van der Waals surface area contributed by atoms with E-state index in [2.05, 4.69) is 24.2 Å².